The summed E-state index contributed by atoms with van der Waals surface area (Å²) in [7, 11) is 1.68. The molecule has 9 nitrogen and oxygen atoms in total. The number of hydrogen-bond donors (Lipinski definition) is 2. The zero-order valence-electron chi connectivity index (χ0n) is 20.2. The lowest BCUT2D eigenvalue weighted by Gasteiger charge is -2.22. The van der Waals surface area contributed by atoms with E-state index in [0.29, 0.717) is 27.9 Å². The van der Waals surface area contributed by atoms with Crippen molar-refractivity contribution in [2.75, 3.05) is 11.1 Å². The van der Waals surface area contributed by atoms with Crippen LogP contribution in [0.3, 0.4) is 0 Å². The van der Waals surface area contributed by atoms with Gasteiger partial charge in [-0.2, -0.15) is 10.2 Å². The molecule has 0 aliphatic heterocycles. The van der Waals surface area contributed by atoms with Crippen molar-refractivity contribution in [3.63, 3.8) is 0 Å². The van der Waals surface area contributed by atoms with E-state index >= 15 is 0 Å². The standard InChI is InChI=1S/C28H23N7O2/c1-17(32-26-20(15-29)16-31-28(30)33-26)23-13-19-7-6-10-22(18-11-12-34(2)24(36)14-18)25(19)27(37)35(23)21-8-4-3-5-9-21/h3-14,16-17H,1-2H3,(H3,30,31,32,33). The molecule has 9 heteroatoms. The fourth-order valence-electron chi connectivity index (χ4n) is 4.37. The highest BCUT2D eigenvalue weighted by molar-refractivity contribution is 5.96. The third-order valence-electron chi connectivity index (χ3n) is 6.23. The first-order valence-corrected chi connectivity index (χ1v) is 11.6. The fraction of sp³-hybridized carbons (Fsp3) is 0.107. The summed E-state index contributed by atoms with van der Waals surface area (Å²) < 4.78 is 3.12. The van der Waals surface area contributed by atoms with Gasteiger partial charge in [-0.3, -0.25) is 14.2 Å². The molecule has 0 fully saturated rings. The van der Waals surface area contributed by atoms with Crippen LogP contribution in [0.4, 0.5) is 11.8 Å². The summed E-state index contributed by atoms with van der Waals surface area (Å²) in [6, 6.07) is 21.8. The topological polar surface area (TPSA) is 132 Å². The zero-order valence-corrected chi connectivity index (χ0v) is 20.2. The fourth-order valence-corrected chi connectivity index (χ4v) is 4.37. The van der Waals surface area contributed by atoms with Crippen LogP contribution in [0.5, 0.6) is 0 Å². The third kappa shape index (κ3) is 4.32. The zero-order chi connectivity index (χ0) is 26.1. The number of rotatable bonds is 5. The highest BCUT2D eigenvalue weighted by Crippen LogP contribution is 2.30. The van der Waals surface area contributed by atoms with E-state index in [1.807, 2.05) is 67.6 Å². The van der Waals surface area contributed by atoms with E-state index in [4.69, 9.17) is 5.73 Å². The van der Waals surface area contributed by atoms with E-state index in [0.717, 1.165) is 5.39 Å². The van der Waals surface area contributed by atoms with Crippen LogP contribution >= 0.6 is 0 Å². The molecular formula is C28H23N7O2. The number of aromatic nitrogens is 4. The molecular weight excluding hydrogens is 466 g/mol. The van der Waals surface area contributed by atoms with Crippen molar-refractivity contribution in [1.29, 1.82) is 5.26 Å². The van der Waals surface area contributed by atoms with E-state index < -0.39 is 6.04 Å². The van der Waals surface area contributed by atoms with E-state index in [9.17, 15) is 14.9 Å². The molecule has 5 rings (SSSR count). The SMILES string of the molecule is CC(Nc1nc(N)ncc1C#N)c1cc2cccc(-c3ccn(C)c(=O)c3)c2c(=O)n1-c1ccccc1. The van der Waals surface area contributed by atoms with E-state index in [1.165, 1.54) is 16.8 Å². The van der Waals surface area contributed by atoms with Crippen molar-refractivity contribution < 1.29 is 0 Å². The molecule has 0 aliphatic carbocycles. The number of aryl methyl sites for hydroxylation is 1. The Morgan fingerprint density at radius 3 is 2.57 bits per heavy atom. The van der Waals surface area contributed by atoms with Crippen LogP contribution in [0, 0.1) is 11.3 Å². The van der Waals surface area contributed by atoms with Crippen LogP contribution in [-0.2, 0) is 7.05 Å². The summed E-state index contributed by atoms with van der Waals surface area (Å²) in [5.41, 5.74) is 8.28. The molecule has 1 atom stereocenters. The minimum absolute atomic E-state index is 0.0336. The Balaban J connectivity index is 1.76. The average molecular weight is 490 g/mol. The van der Waals surface area contributed by atoms with Crippen LogP contribution in [0.2, 0.25) is 0 Å². The van der Waals surface area contributed by atoms with Crippen molar-refractivity contribution in [3.05, 3.63) is 111 Å². The first-order valence-electron chi connectivity index (χ1n) is 11.6. The van der Waals surface area contributed by atoms with Crippen LogP contribution < -0.4 is 22.2 Å². The van der Waals surface area contributed by atoms with Gasteiger partial charge in [-0.1, -0.05) is 36.4 Å². The van der Waals surface area contributed by atoms with Crippen LogP contribution in [0.25, 0.3) is 27.6 Å². The highest BCUT2D eigenvalue weighted by atomic mass is 16.1. The molecule has 3 heterocycles. The number of nitrogens with two attached hydrogens (primary N) is 1. The molecule has 0 saturated carbocycles. The summed E-state index contributed by atoms with van der Waals surface area (Å²) >= 11 is 0. The number of fused-ring (bicyclic) bond motifs is 1. The van der Waals surface area contributed by atoms with Crippen LogP contribution in [-0.4, -0.2) is 19.1 Å². The van der Waals surface area contributed by atoms with Crippen LogP contribution in [0.1, 0.15) is 24.2 Å². The van der Waals surface area contributed by atoms with Gasteiger partial charge in [0.2, 0.25) is 5.95 Å². The molecule has 0 spiro atoms. The van der Waals surface area contributed by atoms with Crippen molar-refractivity contribution >= 4 is 22.5 Å². The number of pyridine rings is 2. The Labute approximate surface area is 212 Å². The second-order valence-corrected chi connectivity index (χ2v) is 8.65. The average Bonchev–Trinajstić information content (AvgIpc) is 2.90. The number of nitrogens with one attached hydrogen (secondary N) is 1. The number of nitriles is 1. The number of nitrogen functional groups attached to an aromatic ring is 1. The summed E-state index contributed by atoms with van der Waals surface area (Å²) in [5, 5.41) is 13.9. The quantitative estimate of drug-likeness (QED) is 0.384. The summed E-state index contributed by atoms with van der Waals surface area (Å²) in [6.45, 7) is 1.88. The Bertz CT molecular complexity index is 1800. The molecule has 182 valence electrons. The van der Waals surface area contributed by atoms with Gasteiger partial charge in [0.15, 0.2) is 0 Å². The largest absolute Gasteiger partial charge is 0.368 e. The second kappa shape index (κ2) is 9.43. The van der Waals surface area contributed by atoms with Gasteiger partial charge in [0.05, 0.1) is 17.6 Å². The highest BCUT2D eigenvalue weighted by Gasteiger charge is 2.20. The Morgan fingerprint density at radius 2 is 1.84 bits per heavy atom. The third-order valence-corrected chi connectivity index (χ3v) is 6.23. The maximum Gasteiger partial charge on any atom is 0.263 e. The van der Waals surface area contributed by atoms with Crippen molar-refractivity contribution in [1.82, 2.24) is 19.1 Å². The number of hydrogen-bond acceptors (Lipinski definition) is 7. The predicted molar refractivity (Wildman–Crippen MR) is 143 cm³/mol. The number of nitrogens with zero attached hydrogens (tertiary/aromatic N) is 5. The molecule has 3 N–H and O–H groups in total. The summed E-state index contributed by atoms with van der Waals surface area (Å²) in [4.78, 5) is 34.6. The Kier molecular flexibility index (Phi) is 5.99. The predicted octanol–water partition coefficient (Wildman–Crippen LogP) is 3.77. The molecule has 0 bridgehead atoms. The molecule has 3 aromatic heterocycles. The maximum atomic E-state index is 14.2. The second-order valence-electron chi connectivity index (χ2n) is 8.65. The van der Waals surface area contributed by atoms with Gasteiger partial charge in [0.25, 0.3) is 11.1 Å². The molecule has 1 unspecified atom stereocenters. The van der Waals surface area contributed by atoms with Gasteiger partial charge in [0, 0.05) is 30.7 Å². The lowest BCUT2D eigenvalue weighted by Crippen LogP contribution is -2.26. The maximum absolute atomic E-state index is 14.2. The first-order chi connectivity index (χ1) is 17.9. The van der Waals surface area contributed by atoms with E-state index in [2.05, 4.69) is 21.4 Å². The van der Waals surface area contributed by atoms with Crippen molar-refractivity contribution in [2.24, 2.45) is 7.05 Å². The molecule has 37 heavy (non-hydrogen) atoms. The van der Waals surface area contributed by atoms with Gasteiger partial charge in [-0.15, -0.1) is 0 Å². The molecule has 0 aliphatic rings. The smallest absolute Gasteiger partial charge is 0.263 e. The monoisotopic (exact) mass is 489 g/mol. The van der Waals surface area contributed by atoms with Gasteiger partial charge in [-0.05, 0) is 47.7 Å². The lowest BCUT2D eigenvalue weighted by atomic mass is 9.98. The van der Waals surface area contributed by atoms with Crippen molar-refractivity contribution in [3.8, 4) is 22.9 Å². The van der Waals surface area contributed by atoms with E-state index in [-0.39, 0.29) is 28.4 Å². The molecule has 2 aromatic carbocycles. The number of para-hydroxylation sites is 1. The number of benzene rings is 2. The van der Waals surface area contributed by atoms with Gasteiger partial charge < -0.3 is 15.6 Å². The Morgan fingerprint density at radius 1 is 1.05 bits per heavy atom. The van der Waals surface area contributed by atoms with Gasteiger partial charge >= 0.3 is 0 Å². The molecule has 0 radical (unpaired) electrons. The summed E-state index contributed by atoms with van der Waals surface area (Å²) in [6.07, 6.45) is 3.05. The van der Waals surface area contributed by atoms with Gasteiger partial charge in [0.1, 0.15) is 17.5 Å². The van der Waals surface area contributed by atoms with E-state index in [1.54, 1.807) is 17.8 Å². The lowest BCUT2D eigenvalue weighted by molar-refractivity contribution is 0.772. The number of anilines is 2. The molecule has 0 amide bonds. The molecule has 0 saturated heterocycles. The summed E-state index contributed by atoms with van der Waals surface area (Å²) in [5.74, 6) is 0.315. The minimum Gasteiger partial charge on any atom is -0.368 e. The minimum atomic E-state index is -0.439. The van der Waals surface area contributed by atoms with Crippen LogP contribution in [0.15, 0.2) is 88.7 Å². The normalized spacial score (nSPS) is 11.7. The first kappa shape index (κ1) is 23.5. The molecule has 5 aromatic rings. The van der Waals surface area contributed by atoms with Gasteiger partial charge in [-0.25, -0.2) is 4.98 Å². The van der Waals surface area contributed by atoms with Crippen molar-refractivity contribution in [2.45, 2.75) is 13.0 Å². The Hall–Kier alpha value is -5.23.